The molecule has 118 valence electrons. The smallest absolute Gasteiger partial charge is 0.124 e. The third kappa shape index (κ3) is 3.85. The monoisotopic (exact) mass is 356 g/mol. The van der Waals surface area contributed by atoms with Crippen molar-refractivity contribution in [2.24, 2.45) is 0 Å². The zero-order valence-electron chi connectivity index (χ0n) is 13.3. The fraction of sp³-hybridized carbons (Fsp3) is 0.647. The molecule has 1 aromatic rings. The van der Waals surface area contributed by atoms with Crippen molar-refractivity contribution >= 4 is 15.9 Å². The first-order chi connectivity index (χ1) is 9.98. The molecule has 1 aliphatic rings. The highest BCUT2D eigenvalue weighted by molar-refractivity contribution is 9.10. The van der Waals surface area contributed by atoms with Crippen molar-refractivity contribution in [1.29, 1.82) is 0 Å². The topological polar surface area (TPSA) is 15.3 Å². The lowest BCUT2D eigenvalue weighted by Gasteiger charge is -2.48. The summed E-state index contributed by atoms with van der Waals surface area (Å²) in [5, 5.41) is 3.50. The van der Waals surface area contributed by atoms with Crippen LogP contribution in [0.3, 0.4) is 0 Å². The fourth-order valence-corrected chi connectivity index (χ4v) is 4.31. The molecule has 1 saturated carbocycles. The highest BCUT2D eigenvalue weighted by Crippen LogP contribution is 2.36. The van der Waals surface area contributed by atoms with E-state index in [2.05, 4.69) is 40.2 Å². The Balaban J connectivity index is 2.24. The number of halogens is 2. The molecule has 0 bridgehead atoms. The van der Waals surface area contributed by atoms with Crippen LogP contribution in [0.15, 0.2) is 22.7 Å². The Morgan fingerprint density at radius 2 is 1.90 bits per heavy atom. The summed E-state index contributed by atoms with van der Waals surface area (Å²) in [5.41, 5.74) is 1.22. The van der Waals surface area contributed by atoms with Gasteiger partial charge in [0.05, 0.1) is 0 Å². The van der Waals surface area contributed by atoms with Crippen LogP contribution >= 0.6 is 15.9 Å². The maximum absolute atomic E-state index is 13.6. The number of nitrogens with zero attached hydrogens (tertiary/aromatic N) is 1. The second-order valence-electron chi connectivity index (χ2n) is 6.38. The lowest BCUT2D eigenvalue weighted by Crippen LogP contribution is -2.60. The first-order valence-corrected chi connectivity index (χ1v) is 8.57. The van der Waals surface area contributed by atoms with Gasteiger partial charge >= 0.3 is 0 Å². The molecule has 1 aliphatic carbocycles. The molecule has 0 amide bonds. The molecular weight excluding hydrogens is 331 g/mol. The van der Waals surface area contributed by atoms with Crippen molar-refractivity contribution in [3.05, 3.63) is 34.1 Å². The molecule has 0 aliphatic heterocycles. The van der Waals surface area contributed by atoms with Gasteiger partial charge in [0.1, 0.15) is 5.82 Å². The summed E-state index contributed by atoms with van der Waals surface area (Å²) in [5.74, 6) is -0.170. The molecule has 0 aromatic heterocycles. The van der Waals surface area contributed by atoms with Crippen LogP contribution in [0.1, 0.15) is 37.7 Å². The number of rotatable bonds is 5. The number of nitrogens with one attached hydrogen (secondary N) is 1. The minimum Gasteiger partial charge on any atom is -0.315 e. The summed E-state index contributed by atoms with van der Waals surface area (Å²) in [6, 6.07) is 5.53. The van der Waals surface area contributed by atoms with Crippen molar-refractivity contribution in [3.63, 3.8) is 0 Å². The molecule has 1 N–H and O–H groups in total. The van der Waals surface area contributed by atoms with Gasteiger partial charge in [0.15, 0.2) is 0 Å². The van der Waals surface area contributed by atoms with E-state index in [4.69, 9.17) is 0 Å². The molecule has 0 radical (unpaired) electrons. The standard InChI is InChI=1S/C17H26BrFN2/c1-20-16(11-13-9-14(18)12-15(19)10-13)17(21(2)3)7-5-4-6-8-17/h9-10,12,16,20H,4-8,11H2,1-3H3. The van der Waals surface area contributed by atoms with Crippen LogP contribution in [0.5, 0.6) is 0 Å². The van der Waals surface area contributed by atoms with Crippen molar-refractivity contribution < 1.29 is 4.39 Å². The van der Waals surface area contributed by atoms with Gasteiger partial charge in [-0.15, -0.1) is 0 Å². The third-order valence-corrected chi connectivity index (χ3v) is 5.43. The summed E-state index contributed by atoms with van der Waals surface area (Å²) in [6.07, 6.45) is 7.17. The van der Waals surface area contributed by atoms with Gasteiger partial charge in [0, 0.05) is 16.1 Å². The minimum atomic E-state index is -0.170. The second kappa shape index (κ2) is 7.21. The zero-order chi connectivity index (χ0) is 15.5. The Kier molecular flexibility index (Phi) is 5.81. The van der Waals surface area contributed by atoms with Gasteiger partial charge in [0.25, 0.3) is 0 Å². The Morgan fingerprint density at radius 3 is 2.43 bits per heavy atom. The van der Waals surface area contributed by atoms with Gasteiger partial charge in [-0.2, -0.15) is 0 Å². The molecule has 0 spiro atoms. The SMILES string of the molecule is CNC(Cc1cc(F)cc(Br)c1)C1(N(C)C)CCCCC1. The molecular formula is C17H26BrFN2. The van der Waals surface area contributed by atoms with Crippen LogP contribution in [0.2, 0.25) is 0 Å². The average molecular weight is 357 g/mol. The predicted octanol–water partition coefficient (Wildman–Crippen LogP) is 3.98. The minimum absolute atomic E-state index is 0.170. The number of hydrogen-bond acceptors (Lipinski definition) is 2. The average Bonchev–Trinajstić information content (AvgIpc) is 2.44. The summed E-state index contributed by atoms with van der Waals surface area (Å²) in [6.45, 7) is 0. The number of benzene rings is 1. The van der Waals surface area contributed by atoms with Gasteiger partial charge < -0.3 is 10.2 Å². The van der Waals surface area contributed by atoms with E-state index in [9.17, 15) is 4.39 Å². The molecule has 21 heavy (non-hydrogen) atoms. The van der Waals surface area contributed by atoms with Crippen LogP contribution in [0.4, 0.5) is 4.39 Å². The molecule has 2 rings (SSSR count). The molecule has 2 nitrogen and oxygen atoms in total. The van der Waals surface area contributed by atoms with E-state index >= 15 is 0 Å². The highest BCUT2D eigenvalue weighted by Gasteiger charge is 2.40. The summed E-state index contributed by atoms with van der Waals surface area (Å²) in [4.78, 5) is 2.38. The largest absolute Gasteiger partial charge is 0.315 e. The quantitative estimate of drug-likeness (QED) is 0.858. The molecule has 0 saturated heterocycles. The summed E-state index contributed by atoms with van der Waals surface area (Å²) >= 11 is 3.39. The summed E-state index contributed by atoms with van der Waals surface area (Å²) in [7, 11) is 6.38. The summed E-state index contributed by atoms with van der Waals surface area (Å²) < 4.78 is 14.4. The third-order valence-electron chi connectivity index (χ3n) is 4.97. The maximum atomic E-state index is 13.6. The van der Waals surface area contributed by atoms with Crippen LogP contribution in [0.25, 0.3) is 0 Å². The predicted molar refractivity (Wildman–Crippen MR) is 90.2 cm³/mol. The second-order valence-corrected chi connectivity index (χ2v) is 7.30. The number of hydrogen-bond donors (Lipinski definition) is 1. The van der Waals surface area contributed by atoms with Crippen molar-refractivity contribution in [3.8, 4) is 0 Å². The Hall–Kier alpha value is -0.450. The molecule has 1 atom stereocenters. The van der Waals surface area contributed by atoms with Gasteiger partial charge in [-0.25, -0.2) is 4.39 Å². The Morgan fingerprint density at radius 1 is 1.24 bits per heavy atom. The first-order valence-electron chi connectivity index (χ1n) is 7.77. The Bertz CT molecular complexity index is 450. The number of likely N-dealkylation sites (N-methyl/N-ethyl adjacent to an activating group) is 2. The van der Waals surface area contributed by atoms with Crippen molar-refractivity contribution in [2.45, 2.75) is 50.1 Å². The fourth-order valence-electron chi connectivity index (χ4n) is 3.80. The highest BCUT2D eigenvalue weighted by atomic mass is 79.9. The molecule has 1 aromatic carbocycles. The lowest BCUT2D eigenvalue weighted by molar-refractivity contribution is 0.0598. The molecule has 1 fully saturated rings. The van der Waals surface area contributed by atoms with E-state index < -0.39 is 0 Å². The maximum Gasteiger partial charge on any atom is 0.124 e. The van der Waals surface area contributed by atoms with Crippen LogP contribution < -0.4 is 5.32 Å². The van der Waals surface area contributed by atoms with Gasteiger partial charge in [-0.1, -0.05) is 35.2 Å². The van der Waals surface area contributed by atoms with Gasteiger partial charge in [-0.05, 0) is 64.2 Å². The van der Waals surface area contributed by atoms with Crippen LogP contribution in [-0.2, 0) is 6.42 Å². The zero-order valence-corrected chi connectivity index (χ0v) is 14.8. The van der Waals surface area contributed by atoms with E-state index in [0.29, 0.717) is 6.04 Å². The molecule has 1 unspecified atom stereocenters. The van der Waals surface area contributed by atoms with E-state index in [0.717, 1.165) is 16.5 Å². The molecule has 4 heteroatoms. The first kappa shape index (κ1) is 16.9. The Labute approximate surface area is 136 Å². The molecule has 0 heterocycles. The lowest BCUT2D eigenvalue weighted by atomic mass is 9.73. The van der Waals surface area contributed by atoms with Crippen molar-refractivity contribution in [2.75, 3.05) is 21.1 Å². The van der Waals surface area contributed by atoms with Gasteiger partial charge in [-0.3, -0.25) is 0 Å². The van der Waals surface area contributed by atoms with Crippen LogP contribution in [0, 0.1) is 5.82 Å². The van der Waals surface area contributed by atoms with Crippen molar-refractivity contribution in [1.82, 2.24) is 10.2 Å². The van der Waals surface area contributed by atoms with E-state index in [1.54, 1.807) is 6.07 Å². The van der Waals surface area contributed by atoms with Gasteiger partial charge in [0.2, 0.25) is 0 Å². The van der Waals surface area contributed by atoms with E-state index in [-0.39, 0.29) is 11.4 Å². The van der Waals surface area contributed by atoms with Crippen LogP contribution in [-0.4, -0.2) is 37.6 Å². The van der Waals surface area contributed by atoms with E-state index in [1.165, 1.54) is 38.2 Å². The normalized spacial score (nSPS) is 19.7. The van der Waals surface area contributed by atoms with E-state index in [1.807, 2.05) is 13.1 Å².